The molecule has 0 radical (unpaired) electrons. The van der Waals surface area contributed by atoms with E-state index in [2.05, 4.69) is 10.7 Å². The van der Waals surface area contributed by atoms with E-state index in [0.29, 0.717) is 50.8 Å². The number of ether oxygens (including phenoxy) is 6. The van der Waals surface area contributed by atoms with Crippen LogP contribution in [-0.2, 0) is 0 Å². The topological polar surface area (TPSA) is 103 Å². The van der Waals surface area contributed by atoms with Gasteiger partial charge in [0.1, 0.15) is 23.0 Å². The number of fused-ring (bicyclic) bond motifs is 1. The van der Waals surface area contributed by atoms with Gasteiger partial charge < -0.3 is 38.8 Å². The Morgan fingerprint density at radius 3 is 2.02 bits per heavy atom. The monoisotopic (exact) mass is 603 g/mol. The first kappa shape index (κ1) is 29.5. The molecule has 1 aliphatic heterocycles. The molecule has 1 heterocycles. The highest BCUT2D eigenvalue weighted by Gasteiger charge is 2.33. The van der Waals surface area contributed by atoms with E-state index in [9.17, 15) is 5.11 Å². The van der Waals surface area contributed by atoms with Crippen LogP contribution < -0.4 is 39.2 Å². The van der Waals surface area contributed by atoms with E-state index in [1.807, 2.05) is 47.5 Å². The lowest BCUT2D eigenvalue weighted by Crippen LogP contribution is -2.42. The van der Waals surface area contributed by atoms with Crippen LogP contribution in [0.15, 0.2) is 66.7 Å². The molecule has 1 atom stereocenters. The van der Waals surface area contributed by atoms with E-state index in [1.165, 1.54) is 20.3 Å². The average Bonchev–Trinajstić information content (AvgIpc) is 3.47. The highest BCUT2D eigenvalue weighted by molar-refractivity contribution is 7.80. The molecule has 1 aliphatic rings. The minimum absolute atomic E-state index is 0.0151. The van der Waals surface area contributed by atoms with Crippen molar-refractivity contribution in [1.29, 1.82) is 0 Å². The van der Waals surface area contributed by atoms with Gasteiger partial charge in [-0.3, -0.25) is 10.4 Å². The van der Waals surface area contributed by atoms with Gasteiger partial charge in [-0.25, -0.2) is 0 Å². The number of methoxy groups -OCH3 is 6. The third-order valence-corrected chi connectivity index (χ3v) is 7.51. The predicted octanol–water partition coefficient (Wildman–Crippen LogP) is 5.90. The van der Waals surface area contributed by atoms with Crippen molar-refractivity contribution >= 4 is 39.5 Å². The number of hydrogen-bond donors (Lipinski definition) is 3. The minimum atomic E-state index is -0.404. The van der Waals surface area contributed by atoms with Gasteiger partial charge >= 0.3 is 0 Å². The minimum Gasteiger partial charge on any atom is -0.507 e. The maximum atomic E-state index is 11.1. The molecule has 0 saturated carbocycles. The zero-order valence-electron chi connectivity index (χ0n) is 24.7. The second-order valence-electron chi connectivity index (χ2n) is 9.48. The van der Waals surface area contributed by atoms with Crippen LogP contribution in [0.25, 0.3) is 16.5 Å². The first-order valence-electron chi connectivity index (χ1n) is 13.3. The van der Waals surface area contributed by atoms with E-state index in [4.69, 9.17) is 40.6 Å². The molecule has 0 bridgehead atoms. The van der Waals surface area contributed by atoms with Gasteiger partial charge in [-0.15, -0.1) is 0 Å². The molecule has 0 aliphatic carbocycles. The van der Waals surface area contributed by atoms with Crippen molar-refractivity contribution in [2.75, 3.05) is 48.0 Å². The van der Waals surface area contributed by atoms with E-state index in [-0.39, 0.29) is 5.75 Å². The molecule has 224 valence electrons. The summed E-state index contributed by atoms with van der Waals surface area (Å²) in [5.74, 6) is 3.06. The Morgan fingerprint density at radius 2 is 1.42 bits per heavy atom. The molecule has 4 aromatic rings. The third-order valence-electron chi connectivity index (χ3n) is 7.21. The van der Waals surface area contributed by atoms with Gasteiger partial charge in [0.15, 0.2) is 16.6 Å². The van der Waals surface area contributed by atoms with Crippen LogP contribution >= 0.6 is 12.2 Å². The number of nitrogens with zero attached hydrogens (tertiary/aromatic N) is 1. The number of rotatable bonds is 9. The van der Waals surface area contributed by atoms with Crippen LogP contribution in [0.5, 0.6) is 40.2 Å². The molecule has 4 aromatic carbocycles. The summed E-state index contributed by atoms with van der Waals surface area (Å²) in [6, 6.07) is 18.3. The van der Waals surface area contributed by atoms with Gasteiger partial charge in [0.25, 0.3) is 0 Å². The Hall–Kier alpha value is -5.03. The number of aromatic hydroxyl groups is 1. The SMILES string of the molecule is COc1cc(O)c(C2=CC(c3ccc(OC)c4ccccc34)N(C(=S)Nc3cc(OC)c(OC)c(OC)c3)N2)c(OC)c1. The molecule has 11 heteroatoms. The molecule has 0 fully saturated rings. The fourth-order valence-electron chi connectivity index (χ4n) is 5.21. The molecule has 1 unspecified atom stereocenters. The molecule has 0 aromatic heterocycles. The molecule has 10 nitrogen and oxygen atoms in total. The standard InChI is InChI=1S/C32H33N3O7S/c1-37-19-15-25(36)30(27(16-19)39-3)23-17-24(21-11-12-26(38-2)22-10-8-7-9-20(21)22)35(34-23)32(43)33-18-13-28(40-4)31(42-6)29(14-18)41-5/h7-17,24,34,36H,1-6H3,(H,33,43). The number of nitrogens with one attached hydrogen (secondary N) is 2. The van der Waals surface area contributed by atoms with Crippen LogP contribution in [0, 0.1) is 0 Å². The van der Waals surface area contributed by atoms with Gasteiger partial charge in [-0.05, 0) is 35.3 Å². The van der Waals surface area contributed by atoms with Gasteiger partial charge in [-0.2, -0.15) is 0 Å². The van der Waals surface area contributed by atoms with Crippen molar-refractivity contribution in [3.8, 4) is 40.2 Å². The average molecular weight is 604 g/mol. The van der Waals surface area contributed by atoms with Crippen molar-refractivity contribution in [2.45, 2.75) is 6.04 Å². The van der Waals surface area contributed by atoms with Crippen molar-refractivity contribution < 1.29 is 33.5 Å². The zero-order valence-corrected chi connectivity index (χ0v) is 25.5. The second kappa shape index (κ2) is 12.5. The van der Waals surface area contributed by atoms with Crippen LogP contribution in [0.1, 0.15) is 17.2 Å². The van der Waals surface area contributed by atoms with Gasteiger partial charge in [0.2, 0.25) is 5.75 Å². The van der Waals surface area contributed by atoms with Gasteiger partial charge in [0.05, 0.1) is 60.0 Å². The van der Waals surface area contributed by atoms with E-state index in [1.54, 1.807) is 46.6 Å². The molecule has 0 saturated heterocycles. The normalized spacial score (nSPS) is 14.0. The maximum Gasteiger partial charge on any atom is 0.203 e. The van der Waals surface area contributed by atoms with E-state index in [0.717, 1.165) is 22.1 Å². The van der Waals surface area contributed by atoms with Crippen LogP contribution in [0.2, 0.25) is 0 Å². The van der Waals surface area contributed by atoms with E-state index >= 15 is 0 Å². The van der Waals surface area contributed by atoms with Crippen LogP contribution in [-0.4, -0.2) is 57.9 Å². The smallest absolute Gasteiger partial charge is 0.203 e. The number of benzene rings is 4. The molecule has 43 heavy (non-hydrogen) atoms. The van der Waals surface area contributed by atoms with Crippen LogP contribution in [0.4, 0.5) is 5.69 Å². The summed E-state index contributed by atoms with van der Waals surface area (Å²) in [7, 11) is 9.37. The molecule has 0 spiro atoms. The quantitative estimate of drug-likeness (QED) is 0.199. The summed E-state index contributed by atoms with van der Waals surface area (Å²) in [6.07, 6.45) is 1.99. The zero-order chi connectivity index (χ0) is 30.7. The summed E-state index contributed by atoms with van der Waals surface area (Å²) in [5.41, 5.74) is 6.03. The lowest BCUT2D eigenvalue weighted by Gasteiger charge is -2.29. The highest BCUT2D eigenvalue weighted by Crippen LogP contribution is 2.44. The molecular weight excluding hydrogens is 570 g/mol. The Bertz CT molecular complexity index is 1680. The fourth-order valence-corrected chi connectivity index (χ4v) is 5.48. The molecule has 0 amide bonds. The number of anilines is 1. The lowest BCUT2D eigenvalue weighted by molar-refractivity contribution is 0.324. The van der Waals surface area contributed by atoms with Gasteiger partial charge in [0, 0.05) is 35.3 Å². The number of hydrazine groups is 1. The fraction of sp³-hybridized carbons (Fsp3) is 0.219. The Balaban J connectivity index is 1.62. The van der Waals surface area contributed by atoms with Crippen molar-refractivity contribution in [2.24, 2.45) is 0 Å². The van der Waals surface area contributed by atoms with Crippen molar-refractivity contribution in [1.82, 2.24) is 10.4 Å². The first-order valence-corrected chi connectivity index (χ1v) is 13.7. The Labute approximate surface area is 255 Å². The molecule has 5 rings (SSSR count). The summed E-state index contributed by atoms with van der Waals surface area (Å²) in [6.45, 7) is 0. The largest absolute Gasteiger partial charge is 0.507 e. The summed E-state index contributed by atoms with van der Waals surface area (Å²) in [5, 5.41) is 18.4. The summed E-state index contributed by atoms with van der Waals surface area (Å²) in [4.78, 5) is 0. The van der Waals surface area contributed by atoms with Crippen molar-refractivity contribution in [3.63, 3.8) is 0 Å². The number of phenols is 1. The maximum absolute atomic E-state index is 11.1. The third kappa shape index (κ3) is 5.46. The lowest BCUT2D eigenvalue weighted by atomic mass is 9.97. The highest BCUT2D eigenvalue weighted by atomic mass is 32.1. The molecular formula is C32H33N3O7S. The number of hydrogen-bond acceptors (Lipinski definition) is 9. The first-order chi connectivity index (χ1) is 20.9. The van der Waals surface area contributed by atoms with Crippen molar-refractivity contribution in [3.05, 3.63) is 77.9 Å². The predicted molar refractivity (Wildman–Crippen MR) is 170 cm³/mol. The number of thiocarbonyl (C=S) groups is 1. The van der Waals surface area contributed by atoms with Crippen LogP contribution in [0.3, 0.4) is 0 Å². The summed E-state index contributed by atoms with van der Waals surface area (Å²) < 4.78 is 33.1. The molecule has 3 N–H and O–H groups in total. The number of phenolic OH excluding ortho intramolecular Hbond substituents is 1. The second-order valence-corrected chi connectivity index (χ2v) is 9.86. The Kier molecular flexibility index (Phi) is 8.53. The van der Waals surface area contributed by atoms with Gasteiger partial charge in [-0.1, -0.05) is 30.3 Å². The van der Waals surface area contributed by atoms with E-state index < -0.39 is 6.04 Å². The summed E-state index contributed by atoms with van der Waals surface area (Å²) >= 11 is 5.97. The Morgan fingerprint density at radius 1 is 0.767 bits per heavy atom.